The zero-order valence-corrected chi connectivity index (χ0v) is 10.7. The van der Waals surface area contributed by atoms with Gasteiger partial charge in [-0.05, 0) is 34.1 Å². The van der Waals surface area contributed by atoms with Crippen molar-refractivity contribution >= 4 is 0 Å². The van der Waals surface area contributed by atoms with Crippen molar-refractivity contribution < 1.29 is 0 Å². The van der Waals surface area contributed by atoms with Crippen LogP contribution in [0.5, 0.6) is 0 Å². The molecule has 1 atom stereocenters. The minimum absolute atomic E-state index is 0.639. The molecule has 0 amide bonds. The average Bonchev–Trinajstić information content (AvgIpc) is 2.09. The van der Waals surface area contributed by atoms with Crippen LogP contribution in [0.25, 0.3) is 0 Å². The Balaban J connectivity index is 3.94. The van der Waals surface area contributed by atoms with E-state index in [0.717, 1.165) is 19.6 Å². The Morgan fingerprint density at radius 1 is 1.07 bits per heavy atom. The standard InChI is InChI=1S/C11H27N3/c1-10(2)11(9-12-3)14(6)8-7-13(4)5/h10-12H,7-9H2,1-6H3. The van der Waals surface area contributed by atoms with Crippen LogP contribution in [0, 0.1) is 5.92 Å². The molecule has 0 bridgehead atoms. The number of nitrogens with one attached hydrogen (secondary N) is 1. The highest BCUT2D eigenvalue weighted by Gasteiger charge is 2.17. The van der Waals surface area contributed by atoms with Crippen molar-refractivity contribution in [2.45, 2.75) is 19.9 Å². The van der Waals surface area contributed by atoms with Gasteiger partial charge in [-0.2, -0.15) is 0 Å². The quantitative estimate of drug-likeness (QED) is 0.655. The molecule has 0 fully saturated rings. The summed E-state index contributed by atoms with van der Waals surface area (Å²) in [7, 11) is 8.48. The maximum Gasteiger partial charge on any atom is 0.0240 e. The number of hydrogen-bond acceptors (Lipinski definition) is 3. The van der Waals surface area contributed by atoms with Gasteiger partial charge in [0.25, 0.3) is 0 Å². The molecule has 0 aliphatic carbocycles. The van der Waals surface area contributed by atoms with Gasteiger partial charge < -0.3 is 15.1 Å². The molecule has 1 unspecified atom stereocenters. The van der Waals surface area contributed by atoms with Crippen molar-refractivity contribution in [3.63, 3.8) is 0 Å². The number of hydrogen-bond donors (Lipinski definition) is 1. The zero-order valence-electron chi connectivity index (χ0n) is 10.7. The van der Waals surface area contributed by atoms with Gasteiger partial charge in [-0.3, -0.25) is 0 Å². The van der Waals surface area contributed by atoms with Crippen LogP contribution in [0.2, 0.25) is 0 Å². The average molecular weight is 201 g/mol. The van der Waals surface area contributed by atoms with E-state index in [1.165, 1.54) is 0 Å². The fourth-order valence-electron chi connectivity index (χ4n) is 1.63. The lowest BCUT2D eigenvalue weighted by Gasteiger charge is -2.31. The number of nitrogens with zero attached hydrogens (tertiary/aromatic N) is 2. The lowest BCUT2D eigenvalue weighted by Crippen LogP contribution is -2.45. The Kier molecular flexibility index (Phi) is 7.15. The van der Waals surface area contributed by atoms with Crippen LogP contribution in [0.3, 0.4) is 0 Å². The molecule has 0 spiro atoms. The highest BCUT2D eigenvalue weighted by molar-refractivity contribution is 4.74. The molecule has 14 heavy (non-hydrogen) atoms. The number of likely N-dealkylation sites (N-methyl/N-ethyl adjacent to an activating group) is 3. The lowest BCUT2D eigenvalue weighted by molar-refractivity contribution is 0.174. The second-order valence-corrected chi connectivity index (χ2v) is 4.65. The van der Waals surface area contributed by atoms with Crippen LogP contribution >= 0.6 is 0 Å². The Labute approximate surface area is 89.5 Å². The first kappa shape index (κ1) is 13.9. The summed E-state index contributed by atoms with van der Waals surface area (Å²) in [5.41, 5.74) is 0. The molecular formula is C11H27N3. The van der Waals surface area contributed by atoms with Gasteiger partial charge in [0.2, 0.25) is 0 Å². The molecule has 0 aromatic carbocycles. The molecule has 86 valence electrons. The van der Waals surface area contributed by atoms with Crippen LogP contribution in [-0.4, -0.2) is 63.7 Å². The smallest absolute Gasteiger partial charge is 0.0240 e. The van der Waals surface area contributed by atoms with Gasteiger partial charge in [0, 0.05) is 25.7 Å². The number of rotatable bonds is 7. The third-order valence-electron chi connectivity index (χ3n) is 2.65. The molecule has 3 nitrogen and oxygen atoms in total. The molecule has 0 aromatic rings. The van der Waals surface area contributed by atoms with Gasteiger partial charge in [-0.1, -0.05) is 13.8 Å². The Hall–Kier alpha value is -0.120. The van der Waals surface area contributed by atoms with Gasteiger partial charge in [0.05, 0.1) is 0 Å². The van der Waals surface area contributed by atoms with Crippen LogP contribution in [-0.2, 0) is 0 Å². The van der Waals surface area contributed by atoms with Crippen LogP contribution in [0.1, 0.15) is 13.8 Å². The third-order valence-corrected chi connectivity index (χ3v) is 2.65. The second kappa shape index (κ2) is 7.21. The Morgan fingerprint density at radius 3 is 2.00 bits per heavy atom. The highest BCUT2D eigenvalue weighted by atomic mass is 15.2. The first-order valence-electron chi connectivity index (χ1n) is 5.48. The maximum absolute atomic E-state index is 3.26. The fraction of sp³-hybridized carbons (Fsp3) is 1.00. The van der Waals surface area contributed by atoms with E-state index in [2.05, 4.69) is 50.1 Å². The topological polar surface area (TPSA) is 18.5 Å². The largest absolute Gasteiger partial charge is 0.318 e. The van der Waals surface area contributed by atoms with Crippen LogP contribution in [0.4, 0.5) is 0 Å². The normalized spacial score (nSPS) is 14.4. The Bertz CT molecular complexity index is 134. The summed E-state index contributed by atoms with van der Waals surface area (Å²) >= 11 is 0. The van der Waals surface area contributed by atoms with E-state index < -0.39 is 0 Å². The van der Waals surface area contributed by atoms with E-state index in [-0.39, 0.29) is 0 Å². The van der Waals surface area contributed by atoms with Gasteiger partial charge in [-0.25, -0.2) is 0 Å². The molecule has 3 heteroatoms. The molecule has 0 saturated carbocycles. The molecular weight excluding hydrogens is 174 g/mol. The first-order chi connectivity index (χ1) is 6.49. The molecule has 0 rings (SSSR count). The molecule has 1 N–H and O–H groups in total. The van der Waals surface area contributed by atoms with Gasteiger partial charge in [0.15, 0.2) is 0 Å². The molecule has 0 aromatic heterocycles. The van der Waals surface area contributed by atoms with E-state index in [9.17, 15) is 0 Å². The SMILES string of the molecule is CNCC(C(C)C)N(C)CCN(C)C. The maximum atomic E-state index is 3.26. The van der Waals surface area contributed by atoms with Crippen molar-refractivity contribution in [3.05, 3.63) is 0 Å². The monoisotopic (exact) mass is 201 g/mol. The summed E-state index contributed by atoms with van der Waals surface area (Å²) in [6, 6.07) is 0.639. The van der Waals surface area contributed by atoms with Crippen LogP contribution in [0.15, 0.2) is 0 Å². The van der Waals surface area contributed by atoms with Crippen molar-refractivity contribution in [2.75, 3.05) is 47.8 Å². The fourth-order valence-corrected chi connectivity index (χ4v) is 1.63. The van der Waals surface area contributed by atoms with Crippen molar-refractivity contribution in [1.29, 1.82) is 0 Å². The highest BCUT2D eigenvalue weighted by Crippen LogP contribution is 2.07. The van der Waals surface area contributed by atoms with Gasteiger partial charge >= 0.3 is 0 Å². The molecule has 0 aliphatic heterocycles. The summed E-state index contributed by atoms with van der Waals surface area (Å²) in [5, 5.41) is 3.26. The van der Waals surface area contributed by atoms with E-state index in [1.807, 2.05) is 7.05 Å². The minimum atomic E-state index is 0.639. The summed E-state index contributed by atoms with van der Waals surface area (Å²) in [5.74, 6) is 0.703. The second-order valence-electron chi connectivity index (χ2n) is 4.65. The van der Waals surface area contributed by atoms with Crippen molar-refractivity contribution in [3.8, 4) is 0 Å². The van der Waals surface area contributed by atoms with E-state index in [0.29, 0.717) is 12.0 Å². The molecule has 0 radical (unpaired) electrons. The first-order valence-corrected chi connectivity index (χ1v) is 5.48. The summed E-state index contributed by atoms with van der Waals surface area (Å²) in [4.78, 5) is 4.68. The predicted molar refractivity (Wildman–Crippen MR) is 63.7 cm³/mol. The zero-order chi connectivity index (χ0) is 11.1. The Morgan fingerprint density at radius 2 is 1.64 bits per heavy atom. The van der Waals surface area contributed by atoms with Crippen molar-refractivity contribution in [2.24, 2.45) is 5.92 Å². The van der Waals surface area contributed by atoms with Crippen LogP contribution < -0.4 is 5.32 Å². The summed E-state index contributed by atoms with van der Waals surface area (Å²) < 4.78 is 0. The third kappa shape index (κ3) is 5.58. The molecule has 0 aliphatic rings. The van der Waals surface area contributed by atoms with Gasteiger partial charge in [-0.15, -0.1) is 0 Å². The van der Waals surface area contributed by atoms with Crippen molar-refractivity contribution in [1.82, 2.24) is 15.1 Å². The minimum Gasteiger partial charge on any atom is -0.318 e. The molecule has 0 saturated heterocycles. The van der Waals surface area contributed by atoms with E-state index in [1.54, 1.807) is 0 Å². The van der Waals surface area contributed by atoms with E-state index >= 15 is 0 Å². The van der Waals surface area contributed by atoms with Gasteiger partial charge in [0.1, 0.15) is 0 Å². The lowest BCUT2D eigenvalue weighted by atomic mass is 10.0. The predicted octanol–water partition coefficient (Wildman–Crippen LogP) is 0.724. The summed E-state index contributed by atoms with van der Waals surface area (Å²) in [6.07, 6.45) is 0. The van der Waals surface area contributed by atoms with E-state index in [4.69, 9.17) is 0 Å². The summed E-state index contributed by atoms with van der Waals surface area (Å²) in [6.45, 7) is 7.91. The molecule has 0 heterocycles.